The molecule has 0 unspecified atom stereocenters. The maximum atomic E-state index is 11.7. The fourth-order valence-electron chi connectivity index (χ4n) is 2.13. The van der Waals surface area contributed by atoms with E-state index < -0.39 is 0 Å². The van der Waals surface area contributed by atoms with E-state index in [2.05, 4.69) is 5.32 Å². The molecule has 0 radical (unpaired) electrons. The highest BCUT2D eigenvalue weighted by Gasteiger charge is 2.32. The molecule has 0 aromatic carbocycles. The number of likely N-dealkylation sites (N-methyl/N-ethyl adjacent to an activating group) is 1. The van der Waals surface area contributed by atoms with Gasteiger partial charge >= 0.3 is 0 Å². The summed E-state index contributed by atoms with van der Waals surface area (Å²) in [6.45, 7) is 3.30. The Morgan fingerprint density at radius 1 is 1.44 bits per heavy atom. The van der Waals surface area contributed by atoms with E-state index in [1.807, 2.05) is 18.9 Å². The first-order chi connectivity index (χ1) is 7.70. The third kappa shape index (κ3) is 2.95. The summed E-state index contributed by atoms with van der Waals surface area (Å²) in [4.78, 5) is 13.6. The Bertz CT molecular complexity index is 247. The van der Waals surface area contributed by atoms with Crippen LogP contribution in [-0.4, -0.2) is 49.2 Å². The molecule has 4 heteroatoms. The molecule has 1 amide bonds. The Morgan fingerprint density at radius 3 is 2.69 bits per heavy atom. The van der Waals surface area contributed by atoms with Gasteiger partial charge in [-0.05, 0) is 32.6 Å². The van der Waals surface area contributed by atoms with E-state index in [1.54, 1.807) is 0 Å². The summed E-state index contributed by atoms with van der Waals surface area (Å²) in [5.74, 6) is 0.224. The Balaban J connectivity index is 1.56. The molecular formula is C12H22N2O2. The van der Waals surface area contributed by atoms with E-state index >= 15 is 0 Å². The van der Waals surface area contributed by atoms with Gasteiger partial charge in [0, 0.05) is 25.7 Å². The van der Waals surface area contributed by atoms with E-state index in [4.69, 9.17) is 4.74 Å². The number of carbonyl (C=O) groups is 1. The zero-order valence-electron chi connectivity index (χ0n) is 10.2. The highest BCUT2D eigenvalue weighted by Crippen LogP contribution is 2.26. The summed E-state index contributed by atoms with van der Waals surface area (Å²) in [6.07, 6.45) is 4.87. The lowest BCUT2D eigenvalue weighted by molar-refractivity contribution is -0.130. The van der Waals surface area contributed by atoms with Gasteiger partial charge in [-0.2, -0.15) is 0 Å². The zero-order valence-corrected chi connectivity index (χ0v) is 10.2. The number of rotatable bonds is 6. The van der Waals surface area contributed by atoms with E-state index in [1.165, 1.54) is 12.8 Å². The Morgan fingerprint density at radius 2 is 2.12 bits per heavy atom. The van der Waals surface area contributed by atoms with Crippen LogP contribution in [0.1, 0.15) is 32.6 Å². The highest BCUT2D eigenvalue weighted by atomic mass is 16.5. The summed E-state index contributed by atoms with van der Waals surface area (Å²) in [5.41, 5.74) is 0. The molecule has 0 bridgehead atoms. The fourth-order valence-corrected chi connectivity index (χ4v) is 2.13. The van der Waals surface area contributed by atoms with Gasteiger partial charge in [0.1, 0.15) is 0 Å². The second kappa shape index (κ2) is 5.15. The van der Waals surface area contributed by atoms with Crippen LogP contribution in [0.3, 0.4) is 0 Å². The molecule has 0 spiro atoms. The molecule has 2 saturated carbocycles. The summed E-state index contributed by atoms with van der Waals surface area (Å²) in [7, 11) is 1.91. The second-order valence-electron chi connectivity index (χ2n) is 4.86. The van der Waals surface area contributed by atoms with E-state index in [9.17, 15) is 4.79 Å². The largest absolute Gasteiger partial charge is 0.378 e. The number of carbonyl (C=O) groups excluding carboxylic acids is 1. The lowest BCUT2D eigenvalue weighted by atomic mass is 9.89. The molecule has 0 aromatic rings. The van der Waals surface area contributed by atoms with Gasteiger partial charge in [0.25, 0.3) is 0 Å². The first-order valence-corrected chi connectivity index (χ1v) is 6.31. The second-order valence-corrected chi connectivity index (χ2v) is 4.86. The van der Waals surface area contributed by atoms with Crippen molar-refractivity contribution in [1.82, 2.24) is 10.2 Å². The molecule has 2 fully saturated rings. The van der Waals surface area contributed by atoms with Gasteiger partial charge < -0.3 is 15.0 Å². The summed E-state index contributed by atoms with van der Waals surface area (Å²) in [5, 5.41) is 3.30. The predicted molar refractivity (Wildman–Crippen MR) is 62.2 cm³/mol. The van der Waals surface area contributed by atoms with Crippen LogP contribution in [0.4, 0.5) is 0 Å². The van der Waals surface area contributed by atoms with Crippen molar-refractivity contribution in [3.63, 3.8) is 0 Å². The molecule has 2 aliphatic carbocycles. The van der Waals surface area contributed by atoms with Crippen molar-refractivity contribution in [2.45, 2.75) is 50.8 Å². The van der Waals surface area contributed by atoms with Gasteiger partial charge in [0.15, 0.2) is 0 Å². The minimum absolute atomic E-state index is 0.224. The fraction of sp³-hybridized carbons (Fsp3) is 0.917. The number of amides is 1. The van der Waals surface area contributed by atoms with Crippen molar-refractivity contribution in [1.29, 1.82) is 0 Å². The van der Waals surface area contributed by atoms with Gasteiger partial charge in [0.05, 0.1) is 12.6 Å². The van der Waals surface area contributed by atoms with E-state index in [-0.39, 0.29) is 5.91 Å². The molecule has 1 N–H and O–H groups in total. The number of hydrogen-bond acceptors (Lipinski definition) is 3. The summed E-state index contributed by atoms with van der Waals surface area (Å²) >= 11 is 0. The molecule has 0 saturated heterocycles. The van der Waals surface area contributed by atoms with Crippen molar-refractivity contribution in [2.24, 2.45) is 0 Å². The Hall–Kier alpha value is -0.610. The summed E-state index contributed by atoms with van der Waals surface area (Å²) in [6, 6.07) is 1.000. The van der Waals surface area contributed by atoms with Gasteiger partial charge in [-0.25, -0.2) is 0 Å². The van der Waals surface area contributed by atoms with Crippen LogP contribution in [-0.2, 0) is 9.53 Å². The normalized spacial score (nSPS) is 28.6. The molecule has 0 heterocycles. The standard InChI is InChI=1S/C12H22N2O2/c1-3-16-11-6-9(7-11)13-8-12(15)14(2)10-4-5-10/h9-11,13H,3-8H2,1-2H3. The van der Waals surface area contributed by atoms with Crippen LogP contribution in [0.2, 0.25) is 0 Å². The van der Waals surface area contributed by atoms with Crippen LogP contribution < -0.4 is 5.32 Å². The van der Waals surface area contributed by atoms with Crippen molar-refractivity contribution in [3.8, 4) is 0 Å². The van der Waals surface area contributed by atoms with Crippen molar-refractivity contribution < 1.29 is 9.53 Å². The molecule has 4 nitrogen and oxygen atoms in total. The molecule has 16 heavy (non-hydrogen) atoms. The first-order valence-electron chi connectivity index (χ1n) is 6.31. The zero-order chi connectivity index (χ0) is 11.5. The third-order valence-corrected chi connectivity index (χ3v) is 3.53. The molecule has 92 valence electrons. The number of nitrogens with zero attached hydrogens (tertiary/aromatic N) is 1. The predicted octanol–water partition coefficient (Wildman–Crippen LogP) is 0.764. The molecule has 0 aliphatic heterocycles. The van der Waals surface area contributed by atoms with Gasteiger partial charge in [-0.15, -0.1) is 0 Å². The molecule has 0 aromatic heterocycles. The average molecular weight is 226 g/mol. The minimum Gasteiger partial charge on any atom is -0.378 e. The van der Waals surface area contributed by atoms with Gasteiger partial charge in [-0.3, -0.25) is 4.79 Å². The number of hydrogen-bond donors (Lipinski definition) is 1. The maximum absolute atomic E-state index is 11.7. The van der Waals surface area contributed by atoms with Crippen molar-refractivity contribution in [2.75, 3.05) is 20.2 Å². The van der Waals surface area contributed by atoms with E-state index in [0.29, 0.717) is 24.7 Å². The third-order valence-electron chi connectivity index (χ3n) is 3.53. The topological polar surface area (TPSA) is 41.6 Å². The van der Waals surface area contributed by atoms with Crippen LogP contribution in [0.25, 0.3) is 0 Å². The Kier molecular flexibility index (Phi) is 3.82. The van der Waals surface area contributed by atoms with Crippen molar-refractivity contribution >= 4 is 5.91 Å². The molecule has 0 atom stereocenters. The Labute approximate surface area is 97.3 Å². The SMILES string of the molecule is CCOC1CC(NCC(=O)N(C)C2CC2)C1. The van der Waals surface area contributed by atoms with Crippen molar-refractivity contribution in [3.05, 3.63) is 0 Å². The van der Waals surface area contributed by atoms with Gasteiger partial charge in [0.2, 0.25) is 5.91 Å². The van der Waals surface area contributed by atoms with Crippen LogP contribution >= 0.6 is 0 Å². The lowest BCUT2D eigenvalue weighted by Gasteiger charge is -2.35. The molecule has 2 rings (SSSR count). The van der Waals surface area contributed by atoms with Crippen LogP contribution in [0.5, 0.6) is 0 Å². The smallest absolute Gasteiger partial charge is 0.236 e. The number of ether oxygens (including phenoxy) is 1. The van der Waals surface area contributed by atoms with Gasteiger partial charge in [-0.1, -0.05) is 0 Å². The molecule has 2 aliphatic rings. The summed E-state index contributed by atoms with van der Waals surface area (Å²) < 4.78 is 5.48. The van der Waals surface area contributed by atoms with Crippen LogP contribution in [0, 0.1) is 0 Å². The lowest BCUT2D eigenvalue weighted by Crippen LogP contribution is -2.49. The average Bonchev–Trinajstić information content (AvgIpc) is 3.03. The quantitative estimate of drug-likeness (QED) is 0.727. The highest BCUT2D eigenvalue weighted by molar-refractivity contribution is 5.78. The number of nitrogens with one attached hydrogen (secondary N) is 1. The monoisotopic (exact) mass is 226 g/mol. The first kappa shape index (κ1) is 11.9. The van der Waals surface area contributed by atoms with E-state index in [0.717, 1.165) is 19.4 Å². The van der Waals surface area contributed by atoms with Crippen LogP contribution in [0.15, 0.2) is 0 Å². The molecular weight excluding hydrogens is 204 g/mol. The minimum atomic E-state index is 0.224. The maximum Gasteiger partial charge on any atom is 0.236 e.